The molecule has 0 aromatic heterocycles. The molecular weight excluding hydrogens is 172 g/mol. The zero-order valence-electron chi connectivity index (χ0n) is 3.02. The van der Waals surface area contributed by atoms with Crippen LogP contribution in [-0.2, 0) is 22.5 Å². The first-order chi connectivity index (χ1) is 3.00. The van der Waals surface area contributed by atoms with Crippen molar-refractivity contribution >= 4 is 26.7 Å². The molecule has 3 N–H and O–H groups in total. The van der Waals surface area contributed by atoms with Crippen LogP contribution in [-0.4, -0.2) is 33.5 Å². The van der Waals surface area contributed by atoms with Gasteiger partial charge in [0, 0.05) is 0 Å². The molecule has 8 heavy (non-hydrogen) atoms. The fourth-order valence-corrected chi connectivity index (χ4v) is 0. The van der Waals surface area contributed by atoms with E-state index in [1.807, 2.05) is 0 Å². The summed E-state index contributed by atoms with van der Waals surface area (Å²) < 4.78 is 18.3. The summed E-state index contributed by atoms with van der Waals surface area (Å²) in [6, 6.07) is 0. The topological polar surface area (TPSA) is 77.8 Å². The van der Waals surface area contributed by atoms with E-state index in [1.54, 1.807) is 0 Å². The molecule has 0 amide bonds. The molecule has 0 radical (unpaired) electrons. The van der Waals surface area contributed by atoms with Crippen molar-refractivity contribution in [2.75, 3.05) is 0 Å². The quantitative estimate of drug-likeness (QED) is 0.321. The van der Waals surface area contributed by atoms with Gasteiger partial charge in [-0.05, 0) is 0 Å². The second-order valence-corrected chi connectivity index (χ2v) is 1.54. The zero-order chi connectivity index (χ0) is 6.50. The van der Waals surface area contributed by atoms with Gasteiger partial charge in [0.05, 0.1) is 0 Å². The van der Waals surface area contributed by atoms with E-state index >= 15 is 0 Å². The fourth-order valence-electron chi connectivity index (χ4n) is 0. The molecule has 0 unspecified atom stereocenters. The van der Waals surface area contributed by atoms with Crippen molar-refractivity contribution in [2.24, 2.45) is 0 Å². The van der Waals surface area contributed by atoms with Crippen LogP contribution in [0, 0.1) is 0 Å². The third kappa shape index (κ3) is 187. The third-order valence-electron chi connectivity index (χ3n) is 0. The van der Waals surface area contributed by atoms with E-state index in [-0.39, 0.29) is 18.9 Å². The van der Waals surface area contributed by atoms with Gasteiger partial charge >= 0.3 is 48.0 Å². The standard InChI is InChI=1S/FH.Li.H3O4P.V.H/c;;1-5(2,3)4;;/h1H;;(H3,1,2,3,4);;/q;;;+1;/p-1. The molecule has 0 aliphatic rings. The summed E-state index contributed by atoms with van der Waals surface area (Å²) in [5, 5.41) is 0. The first-order valence-corrected chi connectivity index (χ1v) is 3.04. The minimum absolute atomic E-state index is 0. The van der Waals surface area contributed by atoms with Gasteiger partial charge in [0.2, 0.25) is 0 Å². The molecule has 8 heteroatoms. The molecule has 0 saturated carbocycles. The molecule has 0 bridgehead atoms. The van der Waals surface area contributed by atoms with Gasteiger partial charge in [0.15, 0.2) is 0 Å². The van der Waals surface area contributed by atoms with Crippen molar-refractivity contribution in [3.8, 4) is 0 Å². The predicted octanol–water partition coefficient (Wildman–Crippen LogP) is -1.16. The summed E-state index contributed by atoms with van der Waals surface area (Å²) in [6.07, 6.45) is 0. The van der Waals surface area contributed by atoms with E-state index in [2.05, 4.69) is 0 Å². The van der Waals surface area contributed by atoms with Gasteiger partial charge in [-0.3, -0.25) is 0 Å². The van der Waals surface area contributed by atoms with Gasteiger partial charge < -0.3 is 14.7 Å². The molecule has 0 saturated heterocycles. The minimum atomic E-state index is -4.64. The van der Waals surface area contributed by atoms with E-state index in [0.29, 0.717) is 0 Å². The Balaban J connectivity index is -0.0000000750. The number of hydrogen-bond donors (Lipinski definition) is 3. The van der Waals surface area contributed by atoms with E-state index in [1.165, 1.54) is 0 Å². The van der Waals surface area contributed by atoms with Crippen molar-refractivity contribution in [1.82, 2.24) is 0 Å². The van der Waals surface area contributed by atoms with E-state index in [0.717, 1.165) is 17.9 Å². The maximum atomic E-state index is 9.44. The molecule has 0 spiro atoms. The van der Waals surface area contributed by atoms with Crippen LogP contribution in [0.25, 0.3) is 0 Å². The van der Waals surface area contributed by atoms with Crippen molar-refractivity contribution in [3.63, 3.8) is 0 Å². The maximum absolute atomic E-state index is 9.44. The van der Waals surface area contributed by atoms with Crippen molar-refractivity contribution in [1.29, 1.82) is 0 Å². The van der Waals surface area contributed by atoms with Crippen molar-refractivity contribution in [2.45, 2.75) is 0 Å². The molecule has 0 aliphatic heterocycles. The zero-order valence-corrected chi connectivity index (χ0v) is 5.31. The second-order valence-electron chi connectivity index (χ2n) is 0.513. The number of rotatable bonds is 0. The number of phosphoric acid groups is 1. The van der Waals surface area contributed by atoms with E-state index < -0.39 is 7.82 Å². The first kappa shape index (κ1) is 16.1. The molecular formula is H4FLiO4PV. The van der Waals surface area contributed by atoms with Gasteiger partial charge in [-0.25, -0.2) is 4.57 Å². The van der Waals surface area contributed by atoms with Gasteiger partial charge in [-0.2, -0.15) is 0 Å². The van der Waals surface area contributed by atoms with Crippen molar-refractivity contribution < 1.29 is 40.6 Å². The Bertz CT molecular complexity index is 62.2. The van der Waals surface area contributed by atoms with Crippen LogP contribution in [0.2, 0.25) is 0 Å². The van der Waals surface area contributed by atoms with E-state index in [9.17, 15) is 3.41 Å². The van der Waals surface area contributed by atoms with Gasteiger partial charge in [0.25, 0.3) is 0 Å². The van der Waals surface area contributed by atoms with Crippen LogP contribution in [0.1, 0.15) is 0 Å². The van der Waals surface area contributed by atoms with Crippen LogP contribution in [0.15, 0.2) is 0 Å². The summed E-state index contributed by atoms with van der Waals surface area (Å²) in [5.41, 5.74) is 0. The first-order valence-electron chi connectivity index (χ1n) is 0.952. The molecule has 0 aromatic rings. The Morgan fingerprint density at radius 2 is 1.25 bits per heavy atom. The number of halogens is 1. The SMILES string of the molecule is O=P(O)(O)O.[F][V].[LiH]. The van der Waals surface area contributed by atoms with Crippen LogP contribution < -0.4 is 0 Å². The molecule has 0 aliphatic carbocycles. The molecule has 46 valence electrons. The summed E-state index contributed by atoms with van der Waals surface area (Å²) >= 11 is 0.812. The Kier molecular flexibility index (Phi) is 16.5. The summed E-state index contributed by atoms with van der Waals surface area (Å²) in [5.74, 6) is 0. The number of hydrogen-bond acceptors (Lipinski definition) is 1. The monoisotopic (exact) mass is 176 g/mol. The van der Waals surface area contributed by atoms with Crippen LogP contribution >= 0.6 is 7.82 Å². The molecule has 0 rings (SSSR count). The molecule has 0 atom stereocenters. The van der Waals surface area contributed by atoms with Gasteiger partial charge in [-0.15, -0.1) is 0 Å². The van der Waals surface area contributed by atoms with Crippen LogP contribution in [0.3, 0.4) is 0 Å². The predicted molar refractivity (Wildman–Crippen MR) is 22.5 cm³/mol. The molecule has 0 aromatic carbocycles. The summed E-state index contributed by atoms with van der Waals surface area (Å²) in [7, 11) is -4.64. The average molecular weight is 176 g/mol. The Morgan fingerprint density at radius 1 is 1.25 bits per heavy atom. The van der Waals surface area contributed by atoms with Crippen molar-refractivity contribution in [3.05, 3.63) is 0 Å². The average Bonchev–Trinajstić information content (AvgIpc) is 1.36. The van der Waals surface area contributed by atoms with Crippen LogP contribution in [0.4, 0.5) is 3.41 Å². The van der Waals surface area contributed by atoms with Gasteiger partial charge in [-0.1, -0.05) is 0 Å². The molecule has 0 heterocycles. The van der Waals surface area contributed by atoms with Crippen LogP contribution in [0.5, 0.6) is 0 Å². The van der Waals surface area contributed by atoms with Gasteiger partial charge in [0.1, 0.15) is 0 Å². The molecule has 0 fully saturated rings. The summed E-state index contributed by atoms with van der Waals surface area (Å²) in [4.78, 5) is 21.6. The second kappa shape index (κ2) is 8.22. The molecule has 4 nitrogen and oxygen atoms in total. The Morgan fingerprint density at radius 3 is 1.25 bits per heavy atom. The Hall–Kier alpha value is 1.22. The van der Waals surface area contributed by atoms with E-state index in [4.69, 9.17) is 19.2 Å². The fraction of sp³-hybridized carbons (Fsp3) is 0. The summed E-state index contributed by atoms with van der Waals surface area (Å²) in [6.45, 7) is 0. The normalized spacial score (nSPS) is 8.00. The third-order valence-corrected chi connectivity index (χ3v) is 0. The Labute approximate surface area is 67.4 Å².